The molecule has 0 radical (unpaired) electrons. The SMILES string of the molecule is c1ccc(-c2cccc(-c3cc(-c4ccccc4)nc(-c4cccc5c4sc4c5ccc5c(-c6ccccc6)nc6ccccc6c54)n3)c2)cc1. The van der Waals surface area contributed by atoms with E-state index in [0.29, 0.717) is 0 Å². The maximum atomic E-state index is 5.31. The molecule has 0 saturated carbocycles. The fourth-order valence-electron chi connectivity index (χ4n) is 7.24. The van der Waals surface area contributed by atoms with Crippen LogP contribution in [0.3, 0.4) is 0 Å². The predicted molar refractivity (Wildman–Crippen MR) is 215 cm³/mol. The average molecular weight is 668 g/mol. The number of benzene rings is 7. The van der Waals surface area contributed by atoms with Crippen molar-refractivity contribution >= 4 is 53.2 Å². The van der Waals surface area contributed by atoms with E-state index >= 15 is 0 Å². The summed E-state index contributed by atoms with van der Waals surface area (Å²) in [4.78, 5) is 15.7. The summed E-state index contributed by atoms with van der Waals surface area (Å²) in [7, 11) is 0. The van der Waals surface area contributed by atoms with E-state index in [2.05, 4.69) is 170 Å². The molecule has 0 unspecified atom stereocenters. The van der Waals surface area contributed by atoms with Gasteiger partial charge in [-0.2, -0.15) is 0 Å². The number of nitrogens with zero attached hydrogens (tertiary/aromatic N) is 3. The second-order valence-corrected chi connectivity index (χ2v) is 13.8. The third-order valence-corrected chi connectivity index (χ3v) is 10.9. The van der Waals surface area contributed by atoms with E-state index < -0.39 is 0 Å². The van der Waals surface area contributed by atoms with Crippen LogP contribution in [-0.2, 0) is 0 Å². The standard InChI is InChI=1S/C47H29N3S/c1-4-14-30(15-5-1)33-20-12-21-34(28-33)42-29-41(31-16-6-2-7-17-31)49-47(50-42)39-24-13-23-35-36-26-27-38-43(46(36)51-45(35)39)37-22-10-11-25-40(37)48-44(38)32-18-8-3-9-19-32/h1-29H. The molecule has 0 atom stereocenters. The Kier molecular flexibility index (Phi) is 7.00. The van der Waals surface area contributed by atoms with Crippen molar-refractivity contribution in [3.63, 3.8) is 0 Å². The summed E-state index contributed by atoms with van der Waals surface area (Å²) >= 11 is 1.83. The summed E-state index contributed by atoms with van der Waals surface area (Å²) < 4.78 is 2.43. The van der Waals surface area contributed by atoms with E-state index in [9.17, 15) is 0 Å². The lowest BCUT2D eigenvalue weighted by Crippen LogP contribution is -1.96. The van der Waals surface area contributed by atoms with Crippen LogP contribution >= 0.6 is 11.3 Å². The molecule has 0 aliphatic carbocycles. The van der Waals surface area contributed by atoms with Crippen LogP contribution in [0.1, 0.15) is 0 Å². The van der Waals surface area contributed by atoms with Gasteiger partial charge in [0.05, 0.1) is 22.6 Å². The Hall–Kier alpha value is -6.49. The largest absolute Gasteiger partial charge is 0.247 e. The van der Waals surface area contributed by atoms with Crippen LogP contribution in [0.15, 0.2) is 176 Å². The zero-order valence-corrected chi connectivity index (χ0v) is 28.3. The van der Waals surface area contributed by atoms with Crippen molar-refractivity contribution in [3.8, 4) is 56.3 Å². The number of pyridine rings is 1. The molecule has 0 amide bonds. The zero-order chi connectivity index (χ0) is 33.7. The fraction of sp³-hybridized carbons (Fsp3) is 0. The van der Waals surface area contributed by atoms with Gasteiger partial charge in [-0.3, -0.25) is 0 Å². The van der Waals surface area contributed by atoms with Crippen molar-refractivity contribution in [2.24, 2.45) is 0 Å². The first-order chi connectivity index (χ1) is 25.3. The number of hydrogen-bond donors (Lipinski definition) is 0. The van der Waals surface area contributed by atoms with Gasteiger partial charge < -0.3 is 0 Å². The van der Waals surface area contributed by atoms with E-state index in [0.717, 1.165) is 67.0 Å². The molecular formula is C47H29N3S. The van der Waals surface area contributed by atoms with Crippen LogP contribution in [0.2, 0.25) is 0 Å². The molecule has 0 aliphatic heterocycles. The third kappa shape index (κ3) is 5.08. The van der Waals surface area contributed by atoms with Gasteiger partial charge in [-0.05, 0) is 35.4 Å². The van der Waals surface area contributed by atoms with E-state index in [1.807, 2.05) is 17.4 Å². The molecule has 10 aromatic rings. The molecule has 0 bridgehead atoms. The van der Waals surface area contributed by atoms with E-state index in [1.165, 1.54) is 31.1 Å². The molecule has 3 aromatic heterocycles. The Morgan fingerprint density at radius 2 is 0.922 bits per heavy atom. The summed E-state index contributed by atoms with van der Waals surface area (Å²) in [6.07, 6.45) is 0. The van der Waals surface area contributed by atoms with E-state index in [4.69, 9.17) is 15.0 Å². The minimum absolute atomic E-state index is 0.717. The lowest BCUT2D eigenvalue weighted by molar-refractivity contribution is 1.19. The minimum atomic E-state index is 0.717. The summed E-state index contributed by atoms with van der Waals surface area (Å²) in [5.41, 5.74) is 10.4. The van der Waals surface area contributed by atoms with Crippen LogP contribution in [0.25, 0.3) is 98.1 Å². The van der Waals surface area contributed by atoms with Crippen LogP contribution in [0.5, 0.6) is 0 Å². The smallest absolute Gasteiger partial charge is 0.161 e. The van der Waals surface area contributed by atoms with Crippen molar-refractivity contribution in [1.82, 2.24) is 15.0 Å². The van der Waals surface area contributed by atoms with Gasteiger partial charge in [0.15, 0.2) is 5.82 Å². The number of rotatable bonds is 5. The summed E-state index contributed by atoms with van der Waals surface area (Å²) in [5, 5.41) is 5.99. The molecular weight excluding hydrogens is 639 g/mol. The Bertz CT molecular complexity index is 2900. The average Bonchev–Trinajstić information content (AvgIpc) is 3.60. The Balaban J connectivity index is 1.23. The minimum Gasteiger partial charge on any atom is -0.247 e. The first kappa shape index (κ1) is 29.4. The van der Waals surface area contributed by atoms with Gasteiger partial charge in [0.1, 0.15) is 0 Å². The Morgan fingerprint density at radius 1 is 0.353 bits per heavy atom. The number of fused-ring (bicyclic) bond motifs is 7. The third-order valence-electron chi connectivity index (χ3n) is 9.68. The number of hydrogen-bond acceptors (Lipinski definition) is 4. The monoisotopic (exact) mass is 667 g/mol. The topological polar surface area (TPSA) is 38.7 Å². The van der Waals surface area contributed by atoms with Crippen LogP contribution < -0.4 is 0 Å². The van der Waals surface area contributed by atoms with Crippen LogP contribution in [0.4, 0.5) is 0 Å². The normalized spacial score (nSPS) is 11.5. The van der Waals surface area contributed by atoms with Gasteiger partial charge in [-0.15, -0.1) is 11.3 Å². The summed E-state index contributed by atoms with van der Waals surface area (Å²) in [5.74, 6) is 0.717. The molecule has 3 heterocycles. The molecule has 0 fully saturated rings. The molecule has 51 heavy (non-hydrogen) atoms. The second kappa shape index (κ2) is 12.1. The Morgan fingerprint density at radius 3 is 1.71 bits per heavy atom. The lowest BCUT2D eigenvalue weighted by Gasteiger charge is -2.11. The highest BCUT2D eigenvalue weighted by atomic mass is 32.1. The number of para-hydroxylation sites is 1. The molecule has 7 aromatic carbocycles. The predicted octanol–water partition coefficient (Wildman–Crippen LogP) is 12.9. The molecule has 0 N–H and O–H groups in total. The summed E-state index contributed by atoms with van der Waals surface area (Å²) in [6.45, 7) is 0. The maximum absolute atomic E-state index is 5.31. The highest BCUT2D eigenvalue weighted by Crippen LogP contribution is 2.46. The molecule has 238 valence electrons. The summed E-state index contributed by atoms with van der Waals surface area (Å²) in [6, 6.07) is 61.7. The molecule has 0 spiro atoms. The lowest BCUT2D eigenvalue weighted by atomic mass is 9.98. The van der Waals surface area contributed by atoms with Crippen molar-refractivity contribution in [1.29, 1.82) is 0 Å². The number of thiophene rings is 1. The van der Waals surface area contributed by atoms with Gasteiger partial charge in [0.25, 0.3) is 0 Å². The zero-order valence-electron chi connectivity index (χ0n) is 27.5. The highest BCUT2D eigenvalue weighted by Gasteiger charge is 2.19. The molecule has 0 aliphatic rings. The molecule has 10 rings (SSSR count). The van der Waals surface area contributed by atoms with Gasteiger partial charge in [0, 0.05) is 58.6 Å². The number of aromatic nitrogens is 3. The quantitative estimate of drug-likeness (QED) is 0.171. The van der Waals surface area contributed by atoms with E-state index in [-0.39, 0.29) is 0 Å². The Labute approximate surface area is 299 Å². The molecule has 4 heteroatoms. The van der Waals surface area contributed by atoms with Crippen LogP contribution in [0, 0.1) is 0 Å². The molecule has 0 saturated heterocycles. The van der Waals surface area contributed by atoms with Crippen LogP contribution in [-0.4, -0.2) is 15.0 Å². The first-order valence-electron chi connectivity index (χ1n) is 17.1. The van der Waals surface area contributed by atoms with Crippen molar-refractivity contribution in [3.05, 3.63) is 176 Å². The maximum Gasteiger partial charge on any atom is 0.161 e. The van der Waals surface area contributed by atoms with Gasteiger partial charge >= 0.3 is 0 Å². The van der Waals surface area contributed by atoms with Crippen molar-refractivity contribution < 1.29 is 0 Å². The first-order valence-corrected chi connectivity index (χ1v) is 17.9. The molecule has 3 nitrogen and oxygen atoms in total. The second-order valence-electron chi connectivity index (χ2n) is 12.8. The van der Waals surface area contributed by atoms with Crippen molar-refractivity contribution in [2.45, 2.75) is 0 Å². The van der Waals surface area contributed by atoms with Gasteiger partial charge in [0.2, 0.25) is 0 Å². The van der Waals surface area contributed by atoms with Gasteiger partial charge in [-0.1, -0.05) is 152 Å². The highest BCUT2D eigenvalue weighted by molar-refractivity contribution is 7.27. The fourth-order valence-corrected chi connectivity index (χ4v) is 8.61. The van der Waals surface area contributed by atoms with Gasteiger partial charge in [-0.25, -0.2) is 15.0 Å². The van der Waals surface area contributed by atoms with E-state index in [1.54, 1.807) is 0 Å². The van der Waals surface area contributed by atoms with Crippen molar-refractivity contribution in [2.75, 3.05) is 0 Å².